The first-order valence-electron chi connectivity index (χ1n) is 6.98. The van der Waals surface area contributed by atoms with E-state index in [9.17, 15) is 0 Å². The van der Waals surface area contributed by atoms with Crippen molar-refractivity contribution in [3.05, 3.63) is 18.0 Å². The minimum atomic E-state index is 0.212. The van der Waals surface area contributed by atoms with Gasteiger partial charge in [-0.15, -0.1) is 0 Å². The number of aromatic nitrogens is 2. The first kappa shape index (κ1) is 15.6. The fourth-order valence-corrected chi connectivity index (χ4v) is 2.58. The Bertz CT molecular complexity index is 338. The van der Waals surface area contributed by atoms with Gasteiger partial charge in [-0.1, -0.05) is 20.8 Å². The number of nitrogens with two attached hydrogens (primary N) is 1. The zero-order valence-corrected chi connectivity index (χ0v) is 12.9. The molecule has 104 valence electrons. The highest BCUT2D eigenvalue weighted by molar-refractivity contribution is 7.99. The zero-order chi connectivity index (χ0) is 13.5. The number of nitrogens with zero attached hydrogens (tertiary/aromatic N) is 2. The van der Waals surface area contributed by atoms with Crippen LogP contribution in [0.4, 0.5) is 0 Å². The maximum Gasteiger partial charge on any atom is 0.0640 e. The second-order valence-corrected chi connectivity index (χ2v) is 6.53. The molecule has 0 aromatic carbocycles. The minimum Gasteiger partial charge on any atom is -0.327 e. The van der Waals surface area contributed by atoms with E-state index in [1.807, 2.05) is 16.4 Å². The van der Waals surface area contributed by atoms with Crippen molar-refractivity contribution in [3.8, 4) is 0 Å². The standard InChI is InChI=1S/C14H27N3S/c1-5-11(3)17-8-7-14(16-17)9-13(15)10-18-12(4)6-2/h7-8,11-13H,5-6,9-10,15H2,1-4H3. The van der Waals surface area contributed by atoms with Crippen LogP contribution in [0, 0.1) is 0 Å². The predicted molar refractivity (Wildman–Crippen MR) is 81.1 cm³/mol. The van der Waals surface area contributed by atoms with Crippen LogP contribution in [0.5, 0.6) is 0 Å². The Hall–Kier alpha value is -0.480. The number of hydrogen-bond acceptors (Lipinski definition) is 3. The summed E-state index contributed by atoms with van der Waals surface area (Å²) in [6.45, 7) is 8.85. The van der Waals surface area contributed by atoms with Gasteiger partial charge in [0.25, 0.3) is 0 Å². The van der Waals surface area contributed by atoms with Gasteiger partial charge in [-0.2, -0.15) is 16.9 Å². The molecule has 1 heterocycles. The van der Waals surface area contributed by atoms with Crippen molar-refractivity contribution >= 4 is 11.8 Å². The van der Waals surface area contributed by atoms with Gasteiger partial charge in [-0.05, 0) is 25.8 Å². The van der Waals surface area contributed by atoms with Crippen molar-refractivity contribution in [2.45, 2.75) is 64.3 Å². The van der Waals surface area contributed by atoms with Gasteiger partial charge in [0.05, 0.1) is 5.69 Å². The summed E-state index contributed by atoms with van der Waals surface area (Å²) in [6, 6.07) is 2.79. The molecule has 0 radical (unpaired) electrons. The Balaban J connectivity index is 2.39. The van der Waals surface area contributed by atoms with Crippen molar-refractivity contribution in [2.75, 3.05) is 5.75 Å². The Morgan fingerprint density at radius 2 is 2.06 bits per heavy atom. The summed E-state index contributed by atoms with van der Waals surface area (Å²) >= 11 is 1.96. The molecule has 2 N–H and O–H groups in total. The molecule has 0 spiro atoms. The van der Waals surface area contributed by atoms with Crippen LogP contribution < -0.4 is 5.73 Å². The van der Waals surface area contributed by atoms with Gasteiger partial charge in [-0.25, -0.2) is 0 Å². The predicted octanol–water partition coefficient (Wildman–Crippen LogP) is 3.26. The van der Waals surface area contributed by atoms with Crippen LogP contribution in [0.1, 0.15) is 52.3 Å². The normalized spacial score (nSPS) is 16.5. The van der Waals surface area contributed by atoms with Crippen molar-refractivity contribution in [3.63, 3.8) is 0 Å². The van der Waals surface area contributed by atoms with Crippen LogP contribution in [-0.2, 0) is 6.42 Å². The van der Waals surface area contributed by atoms with Gasteiger partial charge in [-0.3, -0.25) is 4.68 Å². The van der Waals surface area contributed by atoms with Gasteiger partial charge < -0.3 is 5.73 Å². The third-order valence-electron chi connectivity index (χ3n) is 3.35. The summed E-state index contributed by atoms with van der Waals surface area (Å²) in [6.07, 6.45) is 5.27. The molecule has 0 aliphatic heterocycles. The summed E-state index contributed by atoms with van der Waals surface area (Å²) in [5.41, 5.74) is 7.27. The van der Waals surface area contributed by atoms with E-state index < -0.39 is 0 Å². The fraction of sp³-hybridized carbons (Fsp3) is 0.786. The molecule has 1 aromatic heterocycles. The van der Waals surface area contributed by atoms with Gasteiger partial charge in [0.1, 0.15) is 0 Å². The highest BCUT2D eigenvalue weighted by atomic mass is 32.2. The molecule has 0 aliphatic rings. The number of hydrogen-bond donors (Lipinski definition) is 1. The third-order valence-corrected chi connectivity index (χ3v) is 4.87. The van der Waals surface area contributed by atoms with E-state index in [0.717, 1.165) is 24.3 Å². The van der Waals surface area contributed by atoms with E-state index in [1.54, 1.807) is 0 Å². The maximum absolute atomic E-state index is 6.16. The highest BCUT2D eigenvalue weighted by Crippen LogP contribution is 2.16. The molecule has 3 nitrogen and oxygen atoms in total. The molecule has 0 fully saturated rings. The van der Waals surface area contributed by atoms with Crippen LogP contribution in [0.25, 0.3) is 0 Å². The second-order valence-electron chi connectivity index (χ2n) is 5.06. The topological polar surface area (TPSA) is 43.8 Å². The Morgan fingerprint density at radius 3 is 2.67 bits per heavy atom. The lowest BCUT2D eigenvalue weighted by Gasteiger charge is -2.13. The van der Waals surface area contributed by atoms with Gasteiger partial charge in [0.15, 0.2) is 0 Å². The molecule has 1 aromatic rings. The summed E-state index contributed by atoms with van der Waals surface area (Å²) in [7, 11) is 0. The van der Waals surface area contributed by atoms with Crippen molar-refractivity contribution in [1.82, 2.24) is 9.78 Å². The fourth-order valence-electron chi connectivity index (χ4n) is 1.65. The lowest BCUT2D eigenvalue weighted by atomic mass is 10.2. The Morgan fingerprint density at radius 1 is 1.33 bits per heavy atom. The van der Waals surface area contributed by atoms with Crippen LogP contribution >= 0.6 is 11.8 Å². The molecule has 4 heteroatoms. The molecule has 0 amide bonds. The van der Waals surface area contributed by atoms with Crippen LogP contribution in [0.2, 0.25) is 0 Å². The van der Waals surface area contributed by atoms with E-state index >= 15 is 0 Å². The SMILES string of the molecule is CCC(C)SCC(N)Cc1ccn(C(C)CC)n1. The molecule has 0 aliphatic carbocycles. The van der Waals surface area contributed by atoms with E-state index in [4.69, 9.17) is 5.73 Å². The zero-order valence-electron chi connectivity index (χ0n) is 12.1. The first-order chi connectivity index (χ1) is 8.56. The van der Waals surface area contributed by atoms with E-state index in [0.29, 0.717) is 11.3 Å². The average Bonchev–Trinajstić information content (AvgIpc) is 2.83. The minimum absolute atomic E-state index is 0.212. The molecular formula is C14H27N3S. The molecule has 3 atom stereocenters. The number of thioether (sulfide) groups is 1. The molecule has 3 unspecified atom stereocenters. The van der Waals surface area contributed by atoms with Crippen molar-refractivity contribution < 1.29 is 0 Å². The Kier molecular flexibility index (Phi) is 6.79. The summed E-state index contributed by atoms with van der Waals surface area (Å²) in [5, 5.41) is 5.30. The van der Waals surface area contributed by atoms with Crippen molar-refractivity contribution in [1.29, 1.82) is 0 Å². The molecule has 0 saturated heterocycles. The van der Waals surface area contributed by atoms with E-state index in [2.05, 4.69) is 45.1 Å². The highest BCUT2D eigenvalue weighted by Gasteiger charge is 2.10. The van der Waals surface area contributed by atoms with E-state index in [-0.39, 0.29) is 6.04 Å². The van der Waals surface area contributed by atoms with Crippen LogP contribution in [0.15, 0.2) is 12.3 Å². The molecule has 0 saturated carbocycles. The second kappa shape index (κ2) is 7.85. The summed E-state index contributed by atoms with van der Waals surface area (Å²) in [5.74, 6) is 1.02. The quantitative estimate of drug-likeness (QED) is 0.788. The number of rotatable bonds is 8. The third kappa shape index (κ3) is 5.02. The Labute approximate surface area is 116 Å². The van der Waals surface area contributed by atoms with E-state index in [1.165, 1.54) is 6.42 Å². The van der Waals surface area contributed by atoms with Crippen molar-refractivity contribution in [2.24, 2.45) is 5.73 Å². The largest absolute Gasteiger partial charge is 0.327 e. The smallest absolute Gasteiger partial charge is 0.0640 e. The lowest BCUT2D eigenvalue weighted by Crippen LogP contribution is -2.26. The maximum atomic E-state index is 6.16. The average molecular weight is 269 g/mol. The lowest BCUT2D eigenvalue weighted by molar-refractivity contribution is 0.472. The summed E-state index contributed by atoms with van der Waals surface area (Å²) in [4.78, 5) is 0. The van der Waals surface area contributed by atoms with Gasteiger partial charge in [0, 0.05) is 35.7 Å². The molecular weight excluding hydrogens is 242 g/mol. The summed E-state index contributed by atoms with van der Waals surface area (Å²) < 4.78 is 2.05. The molecule has 1 rings (SSSR count). The molecule has 18 heavy (non-hydrogen) atoms. The van der Waals surface area contributed by atoms with Crippen LogP contribution in [-0.4, -0.2) is 26.8 Å². The monoisotopic (exact) mass is 269 g/mol. The van der Waals surface area contributed by atoms with Crippen LogP contribution in [0.3, 0.4) is 0 Å². The molecule has 0 bridgehead atoms. The van der Waals surface area contributed by atoms with Gasteiger partial charge in [0.2, 0.25) is 0 Å². The van der Waals surface area contributed by atoms with Gasteiger partial charge >= 0.3 is 0 Å². The first-order valence-corrected chi connectivity index (χ1v) is 8.02.